The number of nitrogens with one attached hydrogen (secondary N) is 1. The molecule has 186 valence electrons. The summed E-state index contributed by atoms with van der Waals surface area (Å²) in [6, 6.07) is 5.78. The average molecular weight is 471 g/mol. The number of hydrogen-bond acceptors (Lipinski definition) is 4. The number of piperidine rings is 1. The number of aryl methyl sites for hydroxylation is 1. The van der Waals surface area contributed by atoms with Gasteiger partial charge in [-0.3, -0.25) is 4.79 Å². The highest BCUT2D eigenvalue weighted by Crippen LogP contribution is 2.50. The molecule has 0 bridgehead atoms. The SMILES string of the molecule is CCCC(=O)N1CC2(CCN(C(=O)NC(C)C)CC2)c2c(n(C)c3cc(OC)ccc23)[C@@H]1CO. The normalized spacial score (nSPS) is 19.6. The van der Waals surface area contributed by atoms with Gasteiger partial charge in [0, 0.05) is 61.7 Å². The van der Waals surface area contributed by atoms with Gasteiger partial charge in [-0.25, -0.2) is 4.79 Å². The first-order chi connectivity index (χ1) is 16.3. The van der Waals surface area contributed by atoms with Gasteiger partial charge in [0.1, 0.15) is 5.75 Å². The maximum atomic E-state index is 13.2. The molecule has 4 rings (SSSR count). The summed E-state index contributed by atoms with van der Waals surface area (Å²) in [5.74, 6) is 0.855. The van der Waals surface area contributed by atoms with Crippen molar-refractivity contribution < 1.29 is 19.4 Å². The minimum Gasteiger partial charge on any atom is -0.497 e. The van der Waals surface area contributed by atoms with Crippen LogP contribution in [0.3, 0.4) is 0 Å². The molecule has 0 unspecified atom stereocenters. The van der Waals surface area contributed by atoms with Gasteiger partial charge in [-0.05, 0) is 50.8 Å². The van der Waals surface area contributed by atoms with E-state index < -0.39 is 0 Å². The van der Waals surface area contributed by atoms with Crippen molar-refractivity contribution in [2.24, 2.45) is 7.05 Å². The molecule has 8 nitrogen and oxygen atoms in total. The number of methoxy groups -OCH3 is 1. The van der Waals surface area contributed by atoms with Crippen LogP contribution >= 0.6 is 0 Å². The molecule has 0 aliphatic carbocycles. The van der Waals surface area contributed by atoms with Gasteiger partial charge in [-0.1, -0.05) is 6.92 Å². The molecule has 34 heavy (non-hydrogen) atoms. The van der Waals surface area contributed by atoms with E-state index in [0.717, 1.165) is 41.6 Å². The van der Waals surface area contributed by atoms with E-state index in [1.54, 1.807) is 7.11 Å². The number of aliphatic hydroxyl groups excluding tert-OH is 1. The fraction of sp³-hybridized carbons (Fsp3) is 0.615. The van der Waals surface area contributed by atoms with Crippen LogP contribution in [0.4, 0.5) is 4.79 Å². The van der Waals surface area contributed by atoms with Gasteiger partial charge in [-0.2, -0.15) is 0 Å². The third kappa shape index (κ3) is 4.02. The number of aromatic nitrogens is 1. The maximum absolute atomic E-state index is 13.2. The van der Waals surface area contributed by atoms with Crippen LogP contribution in [-0.2, 0) is 17.3 Å². The lowest BCUT2D eigenvalue weighted by atomic mass is 9.68. The van der Waals surface area contributed by atoms with Crippen LogP contribution in [-0.4, -0.2) is 70.8 Å². The Hall–Kier alpha value is -2.74. The monoisotopic (exact) mass is 470 g/mol. The van der Waals surface area contributed by atoms with Crippen LogP contribution in [0.2, 0.25) is 0 Å². The zero-order chi connectivity index (χ0) is 24.6. The predicted molar refractivity (Wildman–Crippen MR) is 132 cm³/mol. The molecule has 0 radical (unpaired) electrons. The van der Waals surface area contributed by atoms with Crippen LogP contribution in [0.15, 0.2) is 18.2 Å². The van der Waals surface area contributed by atoms with Crippen LogP contribution in [0.5, 0.6) is 5.75 Å². The van der Waals surface area contributed by atoms with Gasteiger partial charge < -0.3 is 29.5 Å². The number of amides is 3. The summed E-state index contributed by atoms with van der Waals surface area (Å²) >= 11 is 0. The van der Waals surface area contributed by atoms with E-state index in [1.807, 2.05) is 49.8 Å². The molecule has 2 aromatic rings. The number of rotatable bonds is 5. The quantitative estimate of drug-likeness (QED) is 0.702. The van der Waals surface area contributed by atoms with E-state index in [2.05, 4.69) is 16.0 Å². The molecule has 1 saturated heterocycles. The van der Waals surface area contributed by atoms with E-state index in [1.165, 1.54) is 5.56 Å². The average Bonchev–Trinajstić information content (AvgIpc) is 3.12. The van der Waals surface area contributed by atoms with Crippen LogP contribution in [0.25, 0.3) is 10.9 Å². The lowest BCUT2D eigenvalue weighted by Crippen LogP contribution is -2.57. The lowest BCUT2D eigenvalue weighted by molar-refractivity contribution is -0.137. The number of hydrogen-bond donors (Lipinski definition) is 2. The topological polar surface area (TPSA) is 87.0 Å². The molecular formula is C26H38N4O4. The molecule has 8 heteroatoms. The van der Waals surface area contributed by atoms with E-state index in [4.69, 9.17) is 4.74 Å². The van der Waals surface area contributed by atoms with Crippen molar-refractivity contribution in [2.75, 3.05) is 33.4 Å². The first-order valence-electron chi connectivity index (χ1n) is 12.4. The van der Waals surface area contributed by atoms with Crippen molar-refractivity contribution in [1.29, 1.82) is 0 Å². The van der Waals surface area contributed by atoms with Gasteiger partial charge in [-0.15, -0.1) is 0 Å². The summed E-state index contributed by atoms with van der Waals surface area (Å²) < 4.78 is 7.61. The molecule has 1 spiro atoms. The molecule has 3 amide bonds. The number of fused-ring (bicyclic) bond motifs is 4. The highest BCUT2D eigenvalue weighted by Gasteiger charge is 2.49. The molecule has 2 aliphatic heterocycles. The van der Waals surface area contributed by atoms with Crippen molar-refractivity contribution in [3.63, 3.8) is 0 Å². The Kier molecular flexibility index (Phi) is 6.80. The number of carbonyl (C=O) groups is 2. The largest absolute Gasteiger partial charge is 0.497 e. The van der Waals surface area contributed by atoms with Crippen molar-refractivity contribution in [1.82, 2.24) is 19.7 Å². The summed E-state index contributed by atoms with van der Waals surface area (Å²) in [7, 11) is 3.67. The third-order valence-corrected chi connectivity index (χ3v) is 7.53. The first-order valence-corrected chi connectivity index (χ1v) is 12.4. The second-order valence-electron chi connectivity index (χ2n) is 10.0. The minimum absolute atomic E-state index is 0.0318. The first kappa shape index (κ1) is 24.4. The fourth-order valence-electron chi connectivity index (χ4n) is 5.86. The van der Waals surface area contributed by atoms with Gasteiger partial charge in [0.25, 0.3) is 0 Å². The zero-order valence-electron chi connectivity index (χ0n) is 21.1. The van der Waals surface area contributed by atoms with Gasteiger partial charge in [0.05, 0.1) is 25.3 Å². The van der Waals surface area contributed by atoms with Crippen molar-refractivity contribution >= 4 is 22.8 Å². The molecule has 2 aliphatic rings. The summed E-state index contributed by atoms with van der Waals surface area (Å²) in [6.07, 6.45) is 2.76. The highest BCUT2D eigenvalue weighted by atomic mass is 16.5. The van der Waals surface area contributed by atoms with Crippen LogP contribution < -0.4 is 10.1 Å². The Morgan fingerprint density at radius 2 is 1.97 bits per heavy atom. The number of likely N-dealkylation sites (tertiary alicyclic amines) is 1. The van der Waals surface area contributed by atoms with Crippen molar-refractivity contribution in [3.05, 3.63) is 29.5 Å². The van der Waals surface area contributed by atoms with Crippen molar-refractivity contribution in [2.45, 2.75) is 64.0 Å². The molecule has 1 atom stereocenters. The van der Waals surface area contributed by atoms with Crippen molar-refractivity contribution in [3.8, 4) is 5.75 Å². The molecular weight excluding hydrogens is 432 g/mol. The molecule has 1 aromatic heterocycles. The Morgan fingerprint density at radius 1 is 1.26 bits per heavy atom. The third-order valence-electron chi connectivity index (χ3n) is 7.53. The molecule has 1 fully saturated rings. The number of carbonyl (C=O) groups excluding carboxylic acids is 2. The molecule has 2 N–H and O–H groups in total. The second-order valence-corrected chi connectivity index (χ2v) is 10.0. The molecule has 1 aromatic carbocycles. The Morgan fingerprint density at radius 3 is 2.56 bits per heavy atom. The summed E-state index contributed by atoms with van der Waals surface area (Å²) in [6.45, 7) is 7.64. The number of aliphatic hydroxyl groups is 1. The summed E-state index contributed by atoms with van der Waals surface area (Å²) in [5, 5.41) is 14.6. The van der Waals surface area contributed by atoms with E-state index in [9.17, 15) is 14.7 Å². The number of urea groups is 1. The van der Waals surface area contributed by atoms with Crippen LogP contribution in [0.1, 0.15) is 63.8 Å². The maximum Gasteiger partial charge on any atom is 0.317 e. The Balaban J connectivity index is 1.82. The lowest BCUT2D eigenvalue weighted by Gasteiger charge is -2.50. The van der Waals surface area contributed by atoms with Crippen LogP contribution in [0, 0.1) is 0 Å². The number of benzene rings is 1. The van der Waals surface area contributed by atoms with E-state index in [-0.39, 0.29) is 36.0 Å². The number of ether oxygens (including phenoxy) is 1. The van der Waals surface area contributed by atoms with Gasteiger partial charge in [0.2, 0.25) is 5.91 Å². The van der Waals surface area contributed by atoms with E-state index >= 15 is 0 Å². The second kappa shape index (κ2) is 9.49. The van der Waals surface area contributed by atoms with Gasteiger partial charge in [0.15, 0.2) is 0 Å². The Labute approximate surface area is 201 Å². The Bertz CT molecular complexity index is 1070. The highest BCUT2D eigenvalue weighted by molar-refractivity contribution is 5.89. The standard InChI is InChI=1S/C26H38N4O4/c1-6-7-22(32)30-16-26(10-12-29(13-11-26)25(33)27-17(2)3)23-19-9-8-18(34-5)14-20(19)28(4)24(23)21(30)15-31/h8-9,14,17,21,31H,6-7,10-13,15-16H2,1-5H3,(H,27,33)/t21-/m0/s1. The zero-order valence-corrected chi connectivity index (χ0v) is 21.1. The minimum atomic E-state index is -0.384. The van der Waals surface area contributed by atoms with Gasteiger partial charge >= 0.3 is 6.03 Å². The number of nitrogens with zero attached hydrogens (tertiary/aromatic N) is 3. The predicted octanol–water partition coefficient (Wildman–Crippen LogP) is 3.31. The fourth-order valence-corrected chi connectivity index (χ4v) is 5.86. The summed E-state index contributed by atoms with van der Waals surface area (Å²) in [4.78, 5) is 29.7. The smallest absolute Gasteiger partial charge is 0.317 e. The molecule has 3 heterocycles. The molecule has 0 saturated carbocycles. The summed E-state index contributed by atoms with van der Waals surface area (Å²) in [5.41, 5.74) is 2.98. The van der Waals surface area contributed by atoms with E-state index in [0.29, 0.717) is 26.1 Å².